The number of hydrogen-bond acceptors (Lipinski definition) is 5. The van der Waals surface area contributed by atoms with Crippen LogP contribution in [-0.2, 0) is 11.6 Å². The lowest BCUT2D eigenvalue weighted by atomic mass is 9.94. The molecule has 1 unspecified atom stereocenters. The molecule has 2 aromatic carbocycles. The molecular weight excluding hydrogens is 483 g/mol. The van der Waals surface area contributed by atoms with Gasteiger partial charge < -0.3 is 9.64 Å². The highest BCUT2D eigenvalue weighted by molar-refractivity contribution is 7.99. The standard InChI is InChI=1S/C26H26F3N3OS.C2H6/c1-33-22-9-3-18(4-10-22)23-11-12-30-24(31-23)34-14-2-13-32-16-21-15-25(21,17-32)19-5-7-20(8-6-19)26(27,28)29;1-2/h3-12,21H,2,13-17H2,1H3;1-2H3/t21?,25-;/m1./s1. The van der Waals surface area contributed by atoms with Crippen molar-refractivity contribution in [3.05, 3.63) is 71.9 Å². The molecule has 0 N–H and O–H groups in total. The van der Waals surface area contributed by atoms with Gasteiger partial charge in [0.25, 0.3) is 0 Å². The molecule has 5 rings (SSSR count). The van der Waals surface area contributed by atoms with E-state index in [1.807, 2.05) is 44.2 Å². The molecule has 0 radical (unpaired) electrons. The van der Waals surface area contributed by atoms with E-state index in [9.17, 15) is 13.2 Å². The molecule has 1 saturated heterocycles. The average molecular weight is 516 g/mol. The third-order valence-electron chi connectivity index (χ3n) is 6.87. The van der Waals surface area contributed by atoms with Crippen molar-refractivity contribution in [3.63, 3.8) is 0 Å². The normalized spacial score (nSPS) is 20.9. The fraction of sp³-hybridized carbons (Fsp3) is 0.429. The van der Waals surface area contributed by atoms with E-state index in [0.29, 0.717) is 5.92 Å². The lowest BCUT2D eigenvalue weighted by molar-refractivity contribution is -0.137. The molecule has 3 aromatic rings. The van der Waals surface area contributed by atoms with Gasteiger partial charge in [0.1, 0.15) is 5.75 Å². The second-order valence-corrected chi connectivity index (χ2v) is 10.1. The molecule has 0 amide bonds. The minimum absolute atomic E-state index is 0.0487. The van der Waals surface area contributed by atoms with Crippen LogP contribution in [0.4, 0.5) is 13.2 Å². The van der Waals surface area contributed by atoms with E-state index in [-0.39, 0.29) is 5.41 Å². The number of likely N-dealkylation sites (tertiary alicyclic amines) is 1. The number of halogens is 3. The summed E-state index contributed by atoms with van der Waals surface area (Å²) in [5, 5.41) is 0.763. The van der Waals surface area contributed by atoms with Gasteiger partial charge in [-0.3, -0.25) is 0 Å². The SMILES string of the molecule is CC.COc1ccc(-c2ccnc(SCCCN3CC4C[C@]4(c4ccc(C(F)(F)F)cc4)C3)n2)cc1. The van der Waals surface area contributed by atoms with Crippen molar-refractivity contribution in [2.24, 2.45) is 5.92 Å². The molecule has 2 heterocycles. The van der Waals surface area contributed by atoms with Crippen molar-refractivity contribution in [3.8, 4) is 17.0 Å². The van der Waals surface area contributed by atoms with Gasteiger partial charge in [0.2, 0.25) is 0 Å². The van der Waals surface area contributed by atoms with E-state index in [2.05, 4.69) is 14.9 Å². The molecule has 0 bridgehead atoms. The van der Waals surface area contributed by atoms with E-state index in [0.717, 1.165) is 66.0 Å². The number of alkyl halides is 3. The predicted molar refractivity (Wildman–Crippen MR) is 138 cm³/mol. The van der Waals surface area contributed by atoms with Crippen LogP contribution in [0.25, 0.3) is 11.3 Å². The first kappa shape index (κ1) is 26.5. The van der Waals surface area contributed by atoms with Crippen LogP contribution in [-0.4, -0.2) is 47.4 Å². The lowest BCUT2D eigenvalue weighted by Gasteiger charge is -2.21. The second-order valence-electron chi connectivity index (χ2n) is 9.02. The van der Waals surface area contributed by atoms with Crippen molar-refractivity contribution in [1.82, 2.24) is 14.9 Å². The van der Waals surface area contributed by atoms with Crippen molar-refractivity contribution < 1.29 is 17.9 Å². The quantitative estimate of drug-likeness (QED) is 0.184. The van der Waals surface area contributed by atoms with Crippen LogP contribution < -0.4 is 4.74 Å². The van der Waals surface area contributed by atoms with Gasteiger partial charge in [0.15, 0.2) is 5.16 Å². The fourth-order valence-electron chi connectivity index (χ4n) is 4.98. The predicted octanol–water partition coefficient (Wildman–Crippen LogP) is 6.95. The number of fused-ring (bicyclic) bond motifs is 1. The molecule has 2 fully saturated rings. The minimum Gasteiger partial charge on any atom is -0.497 e. The minimum atomic E-state index is -4.28. The van der Waals surface area contributed by atoms with E-state index in [4.69, 9.17) is 4.74 Å². The van der Waals surface area contributed by atoms with Gasteiger partial charge in [-0.2, -0.15) is 13.2 Å². The van der Waals surface area contributed by atoms with Gasteiger partial charge in [-0.25, -0.2) is 9.97 Å². The van der Waals surface area contributed by atoms with Crippen LogP contribution in [0.5, 0.6) is 5.75 Å². The van der Waals surface area contributed by atoms with Gasteiger partial charge in [0, 0.05) is 36.0 Å². The number of benzene rings is 2. The molecular formula is C28H32F3N3OS. The summed E-state index contributed by atoms with van der Waals surface area (Å²) in [7, 11) is 1.65. The van der Waals surface area contributed by atoms with Crippen LogP contribution in [0.15, 0.2) is 66.0 Å². The zero-order chi connectivity index (χ0) is 25.8. The Labute approximate surface area is 215 Å². The van der Waals surface area contributed by atoms with Gasteiger partial charge in [-0.15, -0.1) is 0 Å². The third kappa shape index (κ3) is 5.86. The smallest absolute Gasteiger partial charge is 0.416 e. The molecule has 4 nitrogen and oxygen atoms in total. The molecule has 192 valence electrons. The number of ether oxygens (including phenoxy) is 1. The highest BCUT2D eigenvalue weighted by Crippen LogP contribution is 2.59. The Kier molecular flexibility index (Phi) is 8.25. The summed E-state index contributed by atoms with van der Waals surface area (Å²) in [6.07, 6.45) is -0.403. The number of thioether (sulfide) groups is 1. The molecule has 1 saturated carbocycles. The molecule has 1 aromatic heterocycles. The van der Waals surface area contributed by atoms with Crippen LogP contribution in [0.1, 0.15) is 37.8 Å². The maximum Gasteiger partial charge on any atom is 0.416 e. The topological polar surface area (TPSA) is 38.2 Å². The Bertz CT molecular complexity index is 1140. The first-order valence-electron chi connectivity index (χ1n) is 12.4. The van der Waals surface area contributed by atoms with Crippen LogP contribution >= 0.6 is 11.8 Å². The fourth-order valence-corrected chi connectivity index (χ4v) is 5.73. The number of piperidine rings is 1. The molecule has 8 heteroatoms. The van der Waals surface area contributed by atoms with E-state index < -0.39 is 11.7 Å². The summed E-state index contributed by atoms with van der Waals surface area (Å²) in [4.78, 5) is 11.5. The van der Waals surface area contributed by atoms with Gasteiger partial charge >= 0.3 is 6.18 Å². The average Bonchev–Trinajstić information content (AvgIpc) is 3.48. The summed E-state index contributed by atoms with van der Waals surface area (Å²) in [5.41, 5.74) is 2.43. The summed E-state index contributed by atoms with van der Waals surface area (Å²) < 4.78 is 43.8. The van der Waals surface area contributed by atoms with E-state index >= 15 is 0 Å². The molecule has 1 aliphatic carbocycles. The number of rotatable bonds is 8. The van der Waals surface area contributed by atoms with Crippen molar-refractivity contribution in [2.45, 2.75) is 43.4 Å². The lowest BCUT2D eigenvalue weighted by Crippen LogP contribution is -2.28. The zero-order valence-electron chi connectivity index (χ0n) is 20.9. The molecule has 2 atom stereocenters. The van der Waals surface area contributed by atoms with Gasteiger partial charge in [-0.1, -0.05) is 37.7 Å². The van der Waals surface area contributed by atoms with Crippen LogP contribution in [0.3, 0.4) is 0 Å². The Morgan fingerprint density at radius 2 is 1.78 bits per heavy atom. The number of hydrogen-bond donors (Lipinski definition) is 0. The summed E-state index contributed by atoms with van der Waals surface area (Å²) in [5.74, 6) is 2.29. The molecule has 2 aliphatic rings. The Balaban J connectivity index is 0.00000148. The Morgan fingerprint density at radius 3 is 2.44 bits per heavy atom. The Hall–Kier alpha value is -2.58. The summed E-state index contributed by atoms with van der Waals surface area (Å²) in [6, 6.07) is 15.5. The van der Waals surface area contributed by atoms with Gasteiger partial charge in [-0.05, 0) is 73.3 Å². The number of aromatic nitrogens is 2. The monoisotopic (exact) mass is 515 g/mol. The van der Waals surface area contributed by atoms with Crippen LogP contribution in [0.2, 0.25) is 0 Å². The maximum absolute atomic E-state index is 12.9. The van der Waals surface area contributed by atoms with Crippen molar-refractivity contribution >= 4 is 11.8 Å². The number of nitrogens with zero attached hydrogens (tertiary/aromatic N) is 3. The highest BCUT2D eigenvalue weighted by Gasteiger charge is 2.60. The highest BCUT2D eigenvalue weighted by atomic mass is 32.2. The largest absolute Gasteiger partial charge is 0.497 e. The molecule has 0 spiro atoms. The van der Waals surface area contributed by atoms with Crippen molar-refractivity contribution in [1.29, 1.82) is 0 Å². The zero-order valence-corrected chi connectivity index (χ0v) is 21.7. The van der Waals surface area contributed by atoms with Crippen LogP contribution in [0, 0.1) is 5.92 Å². The number of methoxy groups -OCH3 is 1. The first-order valence-corrected chi connectivity index (χ1v) is 13.4. The first-order chi connectivity index (χ1) is 17.4. The third-order valence-corrected chi connectivity index (χ3v) is 7.82. The van der Waals surface area contributed by atoms with E-state index in [1.165, 1.54) is 12.1 Å². The molecule has 36 heavy (non-hydrogen) atoms. The van der Waals surface area contributed by atoms with Gasteiger partial charge in [0.05, 0.1) is 18.4 Å². The Morgan fingerprint density at radius 1 is 1.06 bits per heavy atom. The maximum atomic E-state index is 12.9. The second kappa shape index (κ2) is 11.2. The van der Waals surface area contributed by atoms with Crippen molar-refractivity contribution in [2.75, 3.05) is 32.5 Å². The summed E-state index contributed by atoms with van der Waals surface area (Å²) in [6.45, 7) is 6.93. The molecule has 1 aliphatic heterocycles. The summed E-state index contributed by atoms with van der Waals surface area (Å²) >= 11 is 1.65. The van der Waals surface area contributed by atoms with E-state index in [1.54, 1.807) is 37.2 Å².